The van der Waals surface area contributed by atoms with Crippen molar-refractivity contribution in [2.24, 2.45) is 17.3 Å². The Bertz CT molecular complexity index is 395. The first-order chi connectivity index (χ1) is 10.4. The Morgan fingerprint density at radius 2 is 1.73 bits per heavy atom. The molecule has 2 atom stereocenters. The zero-order chi connectivity index (χ0) is 16.6. The number of hydrogen-bond acceptors (Lipinski definition) is 3. The number of carbonyl (C=O) groups excluding carboxylic acids is 2. The van der Waals surface area contributed by atoms with E-state index >= 15 is 0 Å². The second kappa shape index (κ2) is 9.24. The van der Waals surface area contributed by atoms with E-state index in [1.807, 2.05) is 13.0 Å². The second-order valence-corrected chi connectivity index (χ2v) is 7.20. The molecule has 1 aliphatic rings. The first-order valence-corrected chi connectivity index (χ1v) is 8.63. The van der Waals surface area contributed by atoms with E-state index in [1.54, 1.807) is 0 Å². The third-order valence-electron chi connectivity index (χ3n) is 5.32. The molecule has 0 aromatic carbocycles. The SMILES string of the molecule is CC1COCC=CCCCC(=O)CCCC(=O)C(C)C1(C)C. The summed E-state index contributed by atoms with van der Waals surface area (Å²) in [7, 11) is 0. The number of rotatable bonds is 0. The summed E-state index contributed by atoms with van der Waals surface area (Å²) in [5, 5.41) is 0. The first-order valence-electron chi connectivity index (χ1n) is 8.63. The van der Waals surface area contributed by atoms with Crippen molar-refractivity contribution in [3.8, 4) is 0 Å². The molecule has 22 heavy (non-hydrogen) atoms. The summed E-state index contributed by atoms with van der Waals surface area (Å²) < 4.78 is 5.72. The van der Waals surface area contributed by atoms with Gasteiger partial charge in [0.2, 0.25) is 0 Å². The van der Waals surface area contributed by atoms with Crippen molar-refractivity contribution in [1.29, 1.82) is 0 Å². The van der Waals surface area contributed by atoms with Crippen LogP contribution in [0.5, 0.6) is 0 Å². The Morgan fingerprint density at radius 1 is 1.05 bits per heavy atom. The fourth-order valence-corrected chi connectivity index (χ4v) is 2.77. The molecule has 0 radical (unpaired) electrons. The van der Waals surface area contributed by atoms with Gasteiger partial charge in [0.25, 0.3) is 0 Å². The van der Waals surface area contributed by atoms with Gasteiger partial charge in [0, 0.05) is 25.2 Å². The molecule has 3 nitrogen and oxygen atoms in total. The molecule has 1 rings (SSSR count). The van der Waals surface area contributed by atoms with E-state index in [2.05, 4.69) is 26.8 Å². The van der Waals surface area contributed by atoms with Crippen LogP contribution >= 0.6 is 0 Å². The molecule has 1 heterocycles. The van der Waals surface area contributed by atoms with Gasteiger partial charge in [-0.3, -0.25) is 9.59 Å². The van der Waals surface area contributed by atoms with Crippen LogP contribution in [0, 0.1) is 17.3 Å². The monoisotopic (exact) mass is 308 g/mol. The number of allylic oxidation sites excluding steroid dienone is 1. The van der Waals surface area contributed by atoms with Crippen LogP contribution in [0.4, 0.5) is 0 Å². The quantitative estimate of drug-likeness (QED) is 0.625. The molecule has 2 unspecified atom stereocenters. The second-order valence-electron chi connectivity index (χ2n) is 7.20. The van der Waals surface area contributed by atoms with Gasteiger partial charge in [-0.1, -0.05) is 39.8 Å². The maximum atomic E-state index is 12.4. The molecule has 126 valence electrons. The summed E-state index contributed by atoms with van der Waals surface area (Å²) in [6.45, 7) is 9.75. The highest BCUT2D eigenvalue weighted by Crippen LogP contribution is 2.36. The maximum absolute atomic E-state index is 12.4. The molecule has 0 bridgehead atoms. The van der Waals surface area contributed by atoms with Gasteiger partial charge in [-0.15, -0.1) is 0 Å². The normalized spacial score (nSPS) is 29.5. The molecule has 0 spiro atoms. The predicted molar refractivity (Wildman–Crippen MR) is 89.8 cm³/mol. The Labute approximate surface area is 135 Å². The Morgan fingerprint density at radius 3 is 2.45 bits per heavy atom. The van der Waals surface area contributed by atoms with Crippen LogP contribution in [0.2, 0.25) is 0 Å². The zero-order valence-electron chi connectivity index (χ0n) is 14.7. The van der Waals surface area contributed by atoms with E-state index in [-0.39, 0.29) is 22.9 Å². The van der Waals surface area contributed by atoms with Crippen LogP contribution in [0.3, 0.4) is 0 Å². The molecule has 0 N–H and O–H groups in total. The molecule has 0 aromatic heterocycles. The number of Topliss-reactive ketones (excluding diaryl/α,β-unsaturated/α-hetero) is 2. The van der Waals surface area contributed by atoms with Crippen LogP contribution in [0.1, 0.15) is 66.2 Å². The standard InChI is InChI=1S/C19H32O3/c1-15-14-22-13-8-6-5-7-10-17(20)11-9-12-18(21)16(2)19(15,3)4/h6,8,15-16H,5,7,9-14H2,1-4H3. The summed E-state index contributed by atoms with van der Waals surface area (Å²) >= 11 is 0. The van der Waals surface area contributed by atoms with E-state index in [0.717, 1.165) is 12.8 Å². The molecule has 0 amide bonds. The van der Waals surface area contributed by atoms with Crippen molar-refractivity contribution in [2.45, 2.75) is 66.2 Å². The first kappa shape index (κ1) is 19.1. The number of hydrogen-bond donors (Lipinski definition) is 0. The summed E-state index contributed by atoms with van der Waals surface area (Å²) in [6.07, 6.45) is 8.32. The zero-order valence-corrected chi connectivity index (χ0v) is 14.7. The summed E-state index contributed by atoms with van der Waals surface area (Å²) in [6, 6.07) is 0. The highest BCUT2D eigenvalue weighted by Gasteiger charge is 2.35. The van der Waals surface area contributed by atoms with Gasteiger partial charge < -0.3 is 4.74 Å². The maximum Gasteiger partial charge on any atom is 0.136 e. The fraction of sp³-hybridized carbons (Fsp3) is 0.789. The average Bonchev–Trinajstić information content (AvgIpc) is 2.47. The minimum atomic E-state index is -0.0954. The minimum absolute atomic E-state index is 0.00958. The highest BCUT2D eigenvalue weighted by molar-refractivity contribution is 5.83. The van der Waals surface area contributed by atoms with E-state index in [4.69, 9.17) is 4.74 Å². The molecule has 0 fully saturated rings. The molecule has 3 heteroatoms. The molecule has 0 saturated heterocycles. The molecular weight excluding hydrogens is 276 g/mol. The molecule has 0 saturated carbocycles. The molecule has 0 aliphatic carbocycles. The van der Waals surface area contributed by atoms with Gasteiger partial charge in [-0.05, 0) is 30.6 Å². The van der Waals surface area contributed by atoms with Crippen LogP contribution in [-0.2, 0) is 14.3 Å². The van der Waals surface area contributed by atoms with Gasteiger partial charge >= 0.3 is 0 Å². The lowest BCUT2D eigenvalue weighted by Crippen LogP contribution is -2.36. The van der Waals surface area contributed by atoms with Gasteiger partial charge in [0.1, 0.15) is 11.6 Å². The topological polar surface area (TPSA) is 43.4 Å². The number of carbonyl (C=O) groups is 2. The van der Waals surface area contributed by atoms with Gasteiger partial charge in [-0.25, -0.2) is 0 Å². The number of ketones is 2. The molecular formula is C19H32O3. The third kappa shape index (κ3) is 6.04. The highest BCUT2D eigenvalue weighted by atomic mass is 16.5. The van der Waals surface area contributed by atoms with Gasteiger partial charge in [0.15, 0.2) is 0 Å². The smallest absolute Gasteiger partial charge is 0.136 e. The Kier molecular flexibility index (Phi) is 8.02. The number of ether oxygens (including phenoxy) is 1. The lowest BCUT2D eigenvalue weighted by Gasteiger charge is -2.36. The lowest BCUT2D eigenvalue weighted by molar-refractivity contribution is -0.127. The van der Waals surface area contributed by atoms with Crippen molar-refractivity contribution in [1.82, 2.24) is 0 Å². The van der Waals surface area contributed by atoms with E-state index < -0.39 is 0 Å². The molecule has 0 aromatic rings. The summed E-state index contributed by atoms with van der Waals surface area (Å²) in [5.41, 5.74) is -0.0954. The Balaban J connectivity index is 2.71. The minimum Gasteiger partial charge on any atom is -0.377 e. The van der Waals surface area contributed by atoms with Crippen molar-refractivity contribution in [3.05, 3.63) is 12.2 Å². The van der Waals surface area contributed by atoms with Gasteiger partial charge in [-0.2, -0.15) is 0 Å². The van der Waals surface area contributed by atoms with Crippen LogP contribution in [0.25, 0.3) is 0 Å². The fourth-order valence-electron chi connectivity index (χ4n) is 2.77. The van der Waals surface area contributed by atoms with Crippen molar-refractivity contribution in [2.75, 3.05) is 13.2 Å². The van der Waals surface area contributed by atoms with Crippen molar-refractivity contribution in [3.63, 3.8) is 0 Å². The predicted octanol–water partition coefficient (Wildman–Crippen LogP) is 4.35. The van der Waals surface area contributed by atoms with Crippen LogP contribution in [-0.4, -0.2) is 24.8 Å². The van der Waals surface area contributed by atoms with Crippen LogP contribution in [0.15, 0.2) is 12.2 Å². The largest absolute Gasteiger partial charge is 0.377 e. The van der Waals surface area contributed by atoms with Crippen molar-refractivity contribution < 1.29 is 14.3 Å². The summed E-state index contributed by atoms with van der Waals surface area (Å²) in [4.78, 5) is 24.2. The third-order valence-corrected chi connectivity index (χ3v) is 5.32. The van der Waals surface area contributed by atoms with E-state index in [0.29, 0.717) is 44.8 Å². The van der Waals surface area contributed by atoms with E-state index in [9.17, 15) is 9.59 Å². The Hall–Kier alpha value is -0.960. The average molecular weight is 308 g/mol. The van der Waals surface area contributed by atoms with Crippen LogP contribution < -0.4 is 0 Å². The lowest BCUT2D eigenvalue weighted by atomic mass is 9.69. The van der Waals surface area contributed by atoms with Gasteiger partial charge in [0.05, 0.1) is 13.2 Å². The molecule has 1 aliphatic heterocycles. The van der Waals surface area contributed by atoms with E-state index in [1.165, 1.54) is 0 Å². The summed E-state index contributed by atoms with van der Waals surface area (Å²) in [5.74, 6) is 0.862. The van der Waals surface area contributed by atoms with Crippen molar-refractivity contribution >= 4 is 11.6 Å².